The van der Waals surface area contributed by atoms with Crippen LogP contribution in [0, 0.1) is 16.7 Å². The van der Waals surface area contributed by atoms with E-state index in [1.807, 2.05) is 6.07 Å². The fourth-order valence-corrected chi connectivity index (χ4v) is 3.65. The second-order valence-electron chi connectivity index (χ2n) is 5.54. The molecule has 1 spiro atoms. The van der Waals surface area contributed by atoms with Crippen molar-refractivity contribution in [3.63, 3.8) is 0 Å². The molecule has 1 fully saturated rings. The fourth-order valence-electron chi connectivity index (χ4n) is 3.65. The Hall–Kier alpha value is -1.33. The minimum atomic E-state index is 0.460. The molecule has 1 heterocycles. The van der Waals surface area contributed by atoms with Crippen LogP contribution in [0.15, 0.2) is 18.2 Å². The molecule has 0 aromatic heterocycles. The minimum Gasteiger partial charge on any atom is -0.317 e. The van der Waals surface area contributed by atoms with Crippen LogP contribution in [0.3, 0.4) is 0 Å². The van der Waals surface area contributed by atoms with E-state index in [-0.39, 0.29) is 0 Å². The zero-order valence-corrected chi connectivity index (χ0v) is 10.3. The molecule has 0 bridgehead atoms. The van der Waals surface area contributed by atoms with Crippen molar-refractivity contribution >= 4 is 0 Å². The van der Waals surface area contributed by atoms with Gasteiger partial charge in [0.2, 0.25) is 0 Å². The van der Waals surface area contributed by atoms with E-state index < -0.39 is 0 Å². The molecule has 1 N–H and O–H groups in total. The van der Waals surface area contributed by atoms with Crippen molar-refractivity contribution in [2.45, 2.75) is 32.1 Å². The Kier molecular flexibility index (Phi) is 2.45. The Balaban J connectivity index is 1.99. The molecule has 2 aliphatic rings. The van der Waals surface area contributed by atoms with Crippen molar-refractivity contribution in [1.29, 1.82) is 5.26 Å². The van der Waals surface area contributed by atoms with Gasteiger partial charge in [0.1, 0.15) is 0 Å². The first-order valence-corrected chi connectivity index (χ1v) is 6.49. The summed E-state index contributed by atoms with van der Waals surface area (Å²) in [5, 5.41) is 12.4. The topological polar surface area (TPSA) is 35.8 Å². The predicted octanol–water partition coefficient (Wildman–Crippen LogP) is 2.59. The first-order chi connectivity index (χ1) is 8.25. The number of fused-ring (bicyclic) bond motifs is 1. The molecule has 1 aromatic carbocycles. The van der Waals surface area contributed by atoms with Gasteiger partial charge in [-0.15, -0.1) is 0 Å². The molecule has 1 aromatic rings. The third-order valence-electron chi connectivity index (χ3n) is 4.80. The van der Waals surface area contributed by atoms with E-state index in [1.165, 1.54) is 30.4 Å². The van der Waals surface area contributed by atoms with Crippen molar-refractivity contribution < 1.29 is 0 Å². The van der Waals surface area contributed by atoms with Crippen LogP contribution in [0.1, 0.15) is 42.4 Å². The zero-order valence-electron chi connectivity index (χ0n) is 10.3. The summed E-state index contributed by atoms with van der Waals surface area (Å²) in [6, 6.07) is 8.49. The second kappa shape index (κ2) is 3.85. The normalized spacial score (nSPS) is 25.5. The van der Waals surface area contributed by atoms with E-state index in [4.69, 9.17) is 5.26 Å². The van der Waals surface area contributed by atoms with Gasteiger partial charge in [-0.25, -0.2) is 0 Å². The van der Waals surface area contributed by atoms with Crippen LogP contribution < -0.4 is 5.32 Å². The van der Waals surface area contributed by atoms with Crippen LogP contribution in [-0.4, -0.2) is 13.1 Å². The highest BCUT2D eigenvalue weighted by Gasteiger charge is 2.43. The van der Waals surface area contributed by atoms with E-state index in [1.54, 1.807) is 0 Å². The highest BCUT2D eigenvalue weighted by molar-refractivity contribution is 5.44. The van der Waals surface area contributed by atoms with Crippen molar-refractivity contribution in [2.75, 3.05) is 13.1 Å². The number of piperidine rings is 1. The molecule has 1 aliphatic heterocycles. The van der Waals surface area contributed by atoms with Gasteiger partial charge in [-0.3, -0.25) is 0 Å². The van der Waals surface area contributed by atoms with Gasteiger partial charge in [0.05, 0.1) is 11.6 Å². The molecular weight excluding hydrogens is 208 g/mol. The summed E-state index contributed by atoms with van der Waals surface area (Å²) in [6.07, 6.45) is 3.70. The summed E-state index contributed by atoms with van der Waals surface area (Å²) >= 11 is 0. The van der Waals surface area contributed by atoms with E-state index in [9.17, 15) is 0 Å². The summed E-state index contributed by atoms with van der Waals surface area (Å²) in [4.78, 5) is 0. The number of hydrogen-bond acceptors (Lipinski definition) is 2. The molecule has 1 atom stereocenters. The summed E-state index contributed by atoms with van der Waals surface area (Å²) in [7, 11) is 0. The molecule has 2 nitrogen and oxygen atoms in total. The SMILES string of the molecule is CC1c2ccc(C#N)cc2CC12CCNCC2. The highest BCUT2D eigenvalue weighted by Crippen LogP contribution is 2.52. The summed E-state index contributed by atoms with van der Waals surface area (Å²) in [6.45, 7) is 4.65. The van der Waals surface area contributed by atoms with E-state index >= 15 is 0 Å². The van der Waals surface area contributed by atoms with Gasteiger partial charge in [-0.05, 0) is 66.9 Å². The predicted molar refractivity (Wildman–Crippen MR) is 67.8 cm³/mol. The smallest absolute Gasteiger partial charge is 0.0991 e. The Morgan fingerprint density at radius 1 is 1.35 bits per heavy atom. The Morgan fingerprint density at radius 3 is 2.82 bits per heavy atom. The molecule has 88 valence electrons. The largest absolute Gasteiger partial charge is 0.317 e. The molecule has 1 aliphatic carbocycles. The zero-order chi connectivity index (χ0) is 11.9. The summed E-state index contributed by atoms with van der Waals surface area (Å²) < 4.78 is 0. The van der Waals surface area contributed by atoms with Crippen LogP contribution in [0.4, 0.5) is 0 Å². The average molecular weight is 226 g/mol. The minimum absolute atomic E-state index is 0.460. The number of benzene rings is 1. The van der Waals surface area contributed by atoms with Gasteiger partial charge < -0.3 is 5.32 Å². The molecule has 0 radical (unpaired) electrons. The van der Waals surface area contributed by atoms with Crippen LogP contribution in [0.25, 0.3) is 0 Å². The average Bonchev–Trinajstić information content (AvgIpc) is 2.63. The molecule has 0 saturated carbocycles. The van der Waals surface area contributed by atoms with Crippen LogP contribution >= 0.6 is 0 Å². The lowest BCUT2D eigenvalue weighted by atomic mass is 9.70. The van der Waals surface area contributed by atoms with Crippen molar-refractivity contribution in [1.82, 2.24) is 5.32 Å². The first-order valence-electron chi connectivity index (χ1n) is 6.49. The van der Waals surface area contributed by atoms with Crippen LogP contribution in [-0.2, 0) is 6.42 Å². The quantitative estimate of drug-likeness (QED) is 0.738. The van der Waals surface area contributed by atoms with E-state index in [0.29, 0.717) is 11.3 Å². The molecule has 0 amide bonds. The van der Waals surface area contributed by atoms with Crippen LogP contribution in [0.5, 0.6) is 0 Å². The molecule has 1 unspecified atom stereocenters. The van der Waals surface area contributed by atoms with Gasteiger partial charge in [0.25, 0.3) is 0 Å². The van der Waals surface area contributed by atoms with E-state index in [2.05, 4.69) is 30.4 Å². The van der Waals surface area contributed by atoms with Crippen molar-refractivity contribution in [2.24, 2.45) is 5.41 Å². The monoisotopic (exact) mass is 226 g/mol. The maximum absolute atomic E-state index is 8.98. The number of rotatable bonds is 0. The summed E-state index contributed by atoms with van der Waals surface area (Å²) in [5.74, 6) is 0.646. The molecule has 2 heteroatoms. The number of nitrogens with one attached hydrogen (secondary N) is 1. The van der Waals surface area contributed by atoms with Crippen molar-refractivity contribution in [3.8, 4) is 6.07 Å². The van der Waals surface area contributed by atoms with Crippen LogP contribution in [0.2, 0.25) is 0 Å². The van der Waals surface area contributed by atoms with Gasteiger partial charge >= 0.3 is 0 Å². The number of hydrogen-bond donors (Lipinski definition) is 1. The van der Waals surface area contributed by atoms with E-state index in [0.717, 1.165) is 18.7 Å². The lowest BCUT2D eigenvalue weighted by Crippen LogP contribution is -2.38. The Morgan fingerprint density at radius 2 is 2.12 bits per heavy atom. The number of nitrogens with zero attached hydrogens (tertiary/aromatic N) is 1. The maximum atomic E-state index is 8.98. The second-order valence-corrected chi connectivity index (χ2v) is 5.54. The molecule has 1 saturated heterocycles. The standard InChI is InChI=1S/C15H18N2/c1-11-14-3-2-12(10-16)8-13(14)9-15(11)4-6-17-7-5-15/h2-3,8,11,17H,4-7,9H2,1H3. The third-order valence-corrected chi connectivity index (χ3v) is 4.80. The summed E-state index contributed by atoms with van der Waals surface area (Å²) in [5.41, 5.74) is 4.16. The Labute approximate surface area is 103 Å². The fraction of sp³-hybridized carbons (Fsp3) is 0.533. The molecular formula is C15H18N2. The number of nitriles is 1. The maximum Gasteiger partial charge on any atom is 0.0991 e. The Bertz CT molecular complexity index is 478. The first kappa shape index (κ1) is 10.8. The highest BCUT2D eigenvalue weighted by atomic mass is 14.9. The molecule has 17 heavy (non-hydrogen) atoms. The lowest BCUT2D eigenvalue weighted by molar-refractivity contribution is 0.180. The third kappa shape index (κ3) is 1.57. The molecule has 3 rings (SSSR count). The lowest BCUT2D eigenvalue weighted by Gasteiger charge is -2.38. The van der Waals surface area contributed by atoms with Gasteiger partial charge in [0.15, 0.2) is 0 Å². The van der Waals surface area contributed by atoms with Gasteiger partial charge in [-0.2, -0.15) is 5.26 Å². The van der Waals surface area contributed by atoms with Gasteiger partial charge in [-0.1, -0.05) is 13.0 Å². The van der Waals surface area contributed by atoms with Gasteiger partial charge in [0, 0.05) is 0 Å². The van der Waals surface area contributed by atoms with Crippen molar-refractivity contribution in [3.05, 3.63) is 34.9 Å².